The molecule has 2 N–H and O–H groups in total. The van der Waals surface area contributed by atoms with Crippen molar-refractivity contribution in [2.45, 2.75) is 0 Å². The molecule has 19 heavy (non-hydrogen) atoms. The molecule has 0 aliphatic heterocycles. The fraction of sp³-hybridized carbons (Fsp3) is 0.333. The highest BCUT2D eigenvalue weighted by atomic mass is 31.2. The molecule has 1 rings (SSSR count). The van der Waals surface area contributed by atoms with Crippen LogP contribution >= 0.6 is 7.14 Å². The first-order chi connectivity index (χ1) is 8.83. The van der Waals surface area contributed by atoms with Gasteiger partial charge in [-0.15, -0.1) is 0 Å². The van der Waals surface area contributed by atoms with E-state index in [0.717, 1.165) is 0 Å². The van der Waals surface area contributed by atoms with Gasteiger partial charge in [-0.2, -0.15) is 0 Å². The van der Waals surface area contributed by atoms with Crippen LogP contribution in [0.1, 0.15) is 10.4 Å². The van der Waals surface area contributed by atoms with Gasteiger partial charge in [-0.05, 0) is 25.5 Å². The lowest BCUT2D eigenvalue weighted by molar-refractivity contribution is -0.129. The molecule has 0 bridgehead atoms. The molecular weight excluding hydrogens is 267 g/mol. The van der Waals surface area contributed by atoms with Crippen molar-refractivity contribution in [2.75, 3.05) is 26.2 Å². The minimum absolute atomic E-state index is 0.0197. The summed E-state index contributed by atoms with van der Waals surface area (Å²) in [7, 11) is -2.52. The lowest BCUT2D eigenvalue weighted by Crippen LogP contribution is -2.40. The topological polar surface area (TPSA) is 86.7 Å². The highest BCUT2D eigenvalue weighted by molar-refractivity contribution is 7.62. The number of carbonyl (C=O) groups excluding carboxylic acids is 2. The maximum absolute atomic E-state index is 12.2. The number of nitrogens with one attached hydrogen (secondary N) is 1. The Labute approximate surface area is 111 Å². The molecule has 0 fully saturated rings. The normalized spacial score (nSPS) is 10.9. The van der Waals surface area contributed by atoms with E-state index >= 15 is 0 Å². The Kier molecular flexibility index (Phi) is 5.27. The highest BCUT2D eigenvalue weighted by Gasteiger charge is 2.23. The third-order valence-electron chi connectivity index (χ3n) is 2.28. The third-order valence-corrected chi connectivity index (χ3v) is 3.30. The SMILES string of the molecule is CP(C)(=O)CN(CC(=O)NO)C(=O)c1ccccc1. The monoisotopic (exact) mass is 284 g/mol. The van der Waals surface area contributed by atoms with Crippen LogP contribution in [0.5, 0.6) is 0 Å². The average Bonchev–Trinajstić information content (AvgIpc) is 2.36. The summed E-state index contributed by atoms with van der Waals surface area (Å²) in [6.45, 7) is 2.74. The van der Waals surface area contributed by atoms with Crippen molar-refractivity contribution in [3.63, 3.8) is 0 Å². The van der Waals surface area contributed by atoms with Gasteiger partial charge in [0.15, 0.2) is 0 Å². The van der Waals surface area contributed by atoms with E-state index < -0.39 is 19.0 Å². The quantitative estimate of drug-likeness (QED) is 0.483. The van der Waals surface area contributed by atoms with Crippen LogP contribution in [0.4, 0.5) is 0 Å². The predicted molar refractivity (Wildman–Crippen MR) is 71.7 cm³/mol. The first kappa shape index (κ1) is 15.4. The van der Waals surface area contributed by atoms with Gasteiger partial charge in [0.25, 0.3) is 11.8 Å². The molecule has 104 valence electrons. The Morgan fingerprint density at radius 3 is 2.32 bits per heavy atom. The first-order valence-electron chi connectivity index (χ1n) is 5.65. The molecule has 0 spiro atoms. The molecule has 0 aliphatic rings. The molecule has 7 heteroatoms. The van der Waals surface area contributed by atoms with E-state index in [9.17, 15) is 14.2 Å². The zero-order chi connectivity index (χ0) is 14.5. The van der Waals surface area contributed by atoms with Gasteiger partial charge >= 0.3 is 0 Å². The molecular formula is C12H17N2O4P. The second-order valence-electron chi connectivity index (χ2n) is 4.62. The number of hydroxylamine groups is 1. The summed E-state index contributed by atoms with van der Waals surface area (Å²) >= 11 is 0. The Balaban J connectivity index is 2.93. The van der Waals surface area contributed by atoms with Gasteiger partial charge in [0, 0.05) is 5.56 Å². The van der Waals surface area contributed by atoms with E-state index in [4.69, 9.17) is 5.21 Å². The number of hydrogen-bond donors (Lipinski definition) is 2. The summed E-state index contributed by atoms with van der Waals surface area (Å²) in [6, 6.07) is 8.40. The zero-order valence-corrected chi connectivity index (χ0v) is 11.8. The van der Waals surface area contributed by atoms with Crippen molar-refractivity contribution in [2.24, 2.45) is 0 Å². The summed E-state index contributed by atoms with van der Waals surface area (Å²) in [6.07, 6.45) is -0.0197. The minimum atomic E-state index is -2.52. The molecule has 0 radical (unpaired) electrons. The van der Waals surface area contributed by atoms with Gasteiger partial charge in [0.05, 0.1) is 6.29 Å². The molecule has 6 nitrogen and oxygen atoms in total. The lowest BCUT2D eigenvalue weighted by Gasteiger charge is -2.23. The fourth-order valence-corrected chi connectivity index (χ4v) is 2.62. The highest BCUT2D eigenvalue weighted by Crippen LogP contribution is 2.36. The Hall–Kier alpha value is -1.65. The zero-order valence-electron chi connectivity index (χ0n) is 10.9. The van der Waals surface area contributed by atoms with E-state index in [2.05, 4.69) is 0 Å². The number of amides is 2. The van der Waals surface area contributed by atoms with Crippen LogP contribution in [0.3, 0.4) is 0 Å². The fourth-order valence-electron chi connectivity index (χ4n) is 1.57. The van der Waals surface area contributed by atoms with Crippen molar-refractivity contribution in [1.29, 1.82) is 0 Å². The van der Waals surface area contributed by atoms with E-state index in [1.165, 1.54) is 23.7 Å². The summed E-state index contributed by atoms with van der Waals surface area (Å²) in [5.41, 5.74) is 1.87. The molecule has 0 saturated carbocycles. The summed E-state index contributed by atoms with van der Waals surface area (Å²) < 4.78 is 11.8. The van der Waals surface area contributed by atoms with Crippen LogP contribution in [0.15, 0.2) is 30.3 Å². The standard InChI is InChI=1S/C12H17N2O4P/c1-19(2,18)9-14(8-11(15)13-17)12(16)10-6-4-3-5-7-10/h3-7,17H,8-9H2,1-2H3,(H,13,15). The molecule has 0 unspecified atom stereocenters. The Morgan fingerprint density at radius 2 is 1.84 bits per heavy atom. The van der Waals surface area contributed by atoms with Crippen molar-refractivity contribution in [3.8, 4) is 0 Å². The molecule has 2 amide bonds. The van der Waals surface area contributed by atoms with Gasteiger partial charge in [-0.3, -0.25) is 14.8 Å². The molecule has 1 aromatic rings. The summed E-state index contributed by atoms with van der Waals surface area (Å²) in [5.74, 6) is -1.12. The first-order valence-corrected chi connectivity index (χ1v) is 8.43. The van der Waals surface area contributed by atoms with Crippen LogP contribution in [0, 0.1) is 0 Å². The van der Waals surface area contributed by atoms with Gasteiger partial charge in [-0.1, -0.05) is 18.2 Å². The van der Waals surface area contributed by atoms with Crippen LogP contribution < -0.4 is 5.48 Å². The lowest BCUT2D eigenvalue weighted by atomic mass is 10.2. The largest absolute Gasteiger partial charge is 0.322 e. The van der Waals surface area contributed by atoms with Crippen molar-refractivity contribution in [1.82, 2.24) is 10.4 Å². The van der Waals surface area contributed by atoms with Crippen molar-refractivity contribution >= 4 is 19.0 Å². The van der Waals surface area contributed by atoms with Crippen LogP contribution in [0.2, 0.25) is 0 Å². The summed E-state index contributed by atoms with van der Waals surface area (Å²) in [5, 5.41) is 8.53. The van der Waals surface area contributed by atoms with Crippen LogP contribution in [0.25, 0.3) is 0 Å². The number of hydrogen-bond acceptors (Lipinski definition) is 4. The summed E-state index contributed by atoms with van der Waals surface area (Å²) in [4.78, 5) is 24.6. The van der Waals surface area contributed by atoms with E-state index in [1.54, 1.807) is 30.3 Å². The number of carbonyl (C=O) groups is 2. The Bertz CT molecular complexity index is 498. The van der Waals surface area contributed by atoms with E-state index in [-0.39, 0.29) is 12.8 Å². The van der Waals surface area contributed by atoms with Crippen molar-refractivity contribution < 1.29 is 19.4 Å². The average molecular weight is 284 g/mol. The van der Waals surface area contributed by atoms with Gasteiger partial charge < -0.3 is 9.46 Å². The van der Waals surface area contributed by atoms with Crippen LogP contribution in [-0.2, 0) is 9.36 Å². The van der Waals surface area contributed by atoms with E-state index in [0.29, 0.717) is 5.56 Å². The van der Waals surface area contributed by atoms with Gasteiger partial charge in [0.1, 0.15) is 13.7 Å². The molecule has 0 aliphatic carbocycles. The minimum Gasteiger partial charge on any atom is -0.322 e. The predicted octanol–water partition coefficient (Wildman–Crippen LogP) is 1.21. The number of rotatable bonds is 5. The molecule has 1 aromatic carbocycles. The van der Waals surface area contributed by atoms with Crippen molar-refractivity contribution in [3.05, 3.63) is 35.9 Å². The molecule has 0 heterocycles. The molecule has 0 atom stereocenters. The molecule has 0 aromatic heterocycles. The maximum atomic E-state index is 12.2. The smallest absolute Gasteiger partial charge is 0.262 e. The second kappa shape index (κ2) is 6.50. The van der Waals surface area contributed by atoms with Gasteiger partial charge in [0.2, 0.25) is 0 Å². The van der Waals surface area contributed by atoms with Gasteiger partial charge in [-0.25, -0.2) is 5.48 Å². The number of benzene rings is 1. The maximum Gasteiger partial charge on any atom is 0.262 e. The second-order valence-corrected chi connectivity index (χ2v) is 8.05. The van der Waals surface area contributed by atoms with E-state index in [1.807, 2.05) is 0 Å². The number of nitrogens with zero attached hydrogens (tertiary/aromatic N) is 1. The third kappa shape index (κ3) is 5.24. The Morgan fingerprint density at radius 1 is 1.26 bits per heavy atom. The van der Waals surface area contributed by atoms with Crippen LogP contribution in [-0.4, -0.2) is 48.1 Å². The molecule has 0 saturated heterocycles.